The fourth-order valence-electron chi connectivity index (χ4n) is 2.46. The first-order valence-electron chi connectivity index (χ1n) is 8.16. The number of nitrogens with zero attached hydrogens (tertiary/aromatic N) is 2. The van der Waals surface area contributed by atoms with Crippen LogP contribution in [-0.2, 0) is 12.8 Å². The summed E-state index contributed by atoms with van der Waals surface area (Å²) in [5.41, 5.74) is 5.43. The third-order valence-corrected chi connectivity index (χ3v) is 4.91. The molecule has 124 valence electrons. The zero-order valence-corrected chi connectivity index (χ0v) is 15.6. The van der Waals surface area contributed by atoms with Gasteiger partial charge in [0.2, 0.25) is 0 Å². The van der Waals surface area contributed by atoms with Gasteiger partial charge in [-0.2, -0.15) is 11.8 Å². The van der Waals surface area contributed by atoms with E-state index in [1.807, 2.05) is 11.8 Å². The van der Waals surface area contributed by atoms with E-state index in [4.69, 9.17) is 0 Å². The Hall–Kier alpha value is -1.61. The first-order chi connectivity index (χ1) is 11.1. The highest BCUT2D eigenvalue weighted by molar-refractivity contribution is 7.99. The van der Waals surface area contributed by atoms with Gasteiger partial charge in [0.1, 0.15) is 0 Å². The van der Waals surface area contributed by atoms with Gasteiger partial charge in [-0.3, -0.25) is 0 Å². The molecule has 0 amide bonds. The Labute approximate surface area is 145 Å². The number of anilines is 2. The van der Waals surface area contributed by atoms with Crippen molar-refractivity contribution in [3.05, 3.63) is 59.7 Å². The molecule has 0 aliphatic heterocycles. The fraction of sp³-hybridized carbons (Fsp3) is 0.400. The maximum Gasteiger partial charge on any atom is 0.0363 e. The van der Waals surface area contributed by atoms with Crippen LogP contribution in [0.1, 0.15) is 11.1 Å². The summed E-state index contributed by atoms with van der Waals surface area (Å²) in [7, 11) is 8.37. The lowest BCUT2D eigenvalue weighted by atomic mass is 10.1. The van der Waals surface area contributed by atoms with Crippen LogP contribution >= 0.6 is 11.8 Å². The number of hydrogen-bond acceptors (Lipinski definition) is 3. The number of thioether (sulfide) groups is 1. The van der Waals surface area contributed by atoms with Gasteiger partial charge in [-0.1, -0.05) is 24.3 Å². The predicted octanol–water partition coefficient (Wildman–Crippen LogP) is 4.34. The Morgan fingerprint density at radius 2 is 1.13 bits per heavy atom. The molecule has 0 aromatic heterocycles. The van der Waals surface area contributed by atoms with Gasteiger partial charge in [-0.05, 0) is 59.7 Å². The summed E-state index contributed by atoms with van der Waals surface area (Å²) in [4.78, 5) is 4.32. The van der Waals surface area contributed by atoms with E-state index in [1.165, 1.54) is 34.0 Å². The summed E-state index contributed by atoms with van der Waals surface area (Å²) in [5, 5.41) is 0. The minimum Gasteiger partial charge on any atom is -0.378 e. The van der Waals surface area contributed by atoms with Crippen LogP contribution in [0.3, 0.4) is 0 Å². The minimum atomic E-state index is 1.14. The lowest BCUT2D eigenvalue weighted by molar-refractivity contribution is 1.09. The van der Waals surface area contributed by atoms with Crippen molar-refractivity contribution in [1.82, 2.24) is 0 Å². The highest BCUT2D eigenvalue weighted by Crippen LogP contribution is 2.17. The smallest absolute Gasteiger partial charge is 0.0363 e. The minimum absolute atomic E-state index is 1.14. The van der Waals surface area contributed by atoms with Crippen molar-refractivity contribution in [2.45, 2.75) is 12.8 Å². The molecule has 0 fully saturated rings. The molecule has 0 saturated heterocycles. The number of hydrogen-bond donors (Lipinski definition) is 0. The molecule has 0 unspecified atom stereocenters. The Morgan fingerprint density at radius 1 is 0.696 bits per heavy atom. The zero-order chi connectivity index (χ0) is 16.7. The summed E-state index contributed by atoms with van der Waals surface area (Å²) in [6.07, 6.45) is 2.29. The van der Waals surface area contributed by atoms with Crippen LogP contribution in [0, 0.1) is 0 Å². The summed E-state index contributed by atoms with van der Waals surface area (Å²) < 4.78 is 0. The number of aryl methyl sites for hydroxylation is 2. The van der Waals surface area contributed by atoms with Crippen molar-refractivity contribution in [2.75, 3.05) is 49.5 Å². The zero-order valence-electron chi connectivity index (χ0n) is 14.7. The van der Waals surface area contributed by atoms with E-state index in [2.05, 4.69) is 86.5 Å². The van der Waals surface area contributed by atoms with Crippen LogP contribution < -0.4 is 9.80 Å². The second-order valence-corrected chi connectivity index (χ2v) is 7.47. The normalized spacial score (nSPS) is 10.6. The van der Waals surface area contributed by atoms with Gasteiger partial charge >= 0.3 is 0 Å². The van der Waals surface area contributed by atoms with Crippen molar-refractivity contribution in [3.8, 4) is 0 Å². The second-order valence-electron chi connectivity index (χ2n) is 6.24. The van der Waals surface area contributed by atoms with Crippen molar-refractivity contribution in [1.29, 1.82) is 0 Å². The summed E-state index contributed by atoms with van der Waals surface area (Å²) >= 11 is 2.04. The molecule has 2 rings (SSSR count). The number of benzene rings is 2. The molecule has 0 atom stereocenters. The first-order valence-corrected chi connectivity index (χ1v) is 9.32. The molecular formula is C20H28N2S. The van der Waals surface area contributed by atoms with Gasteiger partial charge in [0.25, 0.3) is 0 Å². The molecule has 2 aromatic carbocycles. The van der Waals surface area contributed by atoms with E-state index in [1.54, 1.807) is 0 Å². The summed E-state index contributed by atoms with van der Waals surface area (Å²) in [6, 6.07) is 17.7. The van der Waals surface area contributed by atoms with Crippen LogP contribution in [0.2, 0.25) is 0 Å². The molecule has 0 radical (unpaired) electrons. The molecule has 0 heterocycles. The van der Waals surface area contributed by atoms with Crippen LogP contribution in [0.5, 0.6) is 0 Å². The van der Waals surface area contributed by atoms with Crippen LogP contribution in [0.15, 0.2) is 48.5 Å². The fourth-order valence-corrected chi connectivity index (χ4v) is 3.43. The van der Waals surface area contributed by atoms with E-state index >= 15 is 0 Å². The summed E-state index contributed by atoms with van der Waals surface area (Å²) in [6.45, 7) is 0. The molecule has 0 aliphatic rings. The molecule has 0 aliphatic carbocycles. The topological polar surface area (TPSA) is 6.48 Å². The number of rotatable bonds is 8. The van der Waals surface area contributed by atoms with E-state index in [9.17, 15) is 0 Å². The van der Waals surface area contributed by atoms with Gasteiger partial charge in [-0.25, -0.2) is 0 Å². The molecule has 0 spiro atoms. The lowest BCUT2D eigenvalue weighted by Crippen LogP contribution is -2.09. The second kappa shape index (κ2) is 8.88. The Kier molecular flexibility index (Phi) is 6.85. The Bertz CT molecular complexity index is 555. The van der Waals surface area contributed by atoms with Gasteiger partial charge in [0, 0.05) is 39.6 Å². The van der Waals surface area contributed by atoms with Gasteiger partial charge in [0.05, 0.1) is 0 Å². The van der Waals surface area contributed by atoms with Crippen LogP contribution in [0.4, 0.5) is 11.4 Å². The molecule has 0 bridgehead atoms. The highest BCUT2D eigenvalue weighted by Gasteiger charge is 2.00. The lowest BCUT2D eigenvalue weighted by Gasteiger charge is -2.14. The Morgan fingerprint density at radius 3 is 1.52 bits per heavy atom. The van der Waals surface area contributed by atoms with Crippen LogP contribution in [-0.4, -0.2) is 39.7 Å². The molecule has 0 saturated carbocycles. The predicted molar refractivity (Wildman–Crippen MR) is 106 cm³/mol. The standard InChI is InChI=1S/C20H28N2S/c1-21(2)19-9-5-7-17(15-19)11-13-23-14-12-18-8-6-10-20(16-18)22(3)4/h5-10,15-16H,11-14H2,1-4H3. The van der Waals surface area contributed by atoms with E-state index in [-0.39, 0.29) is 0 Å². The molecule has 2 aromatic rings. The van der Waals surface area contributed by atoms with Gasteiger partial charge in [0.15, 0.2) is 0 Å². The quantitative estimate of drug-likeness (QED) is 0.666. The van der Waals surface area contributed by atoms with E-state index in [0.29, 0.717) is 0 Å². The average molecular weight is 329 g/mol. The molecule has 0 N–H and O–H groups in total. The van der Waals surface area contributed by atoms with Gasteiger partial charge in [-0.15, -0.1) is 0 Å². The van der Waals surface area contributed by atoms with E-state index in [0.717, 1.165) is 12.8 Å². The van der Waals surface area contributed by atoms with Crippen molar-refractivity contribution >= 4 is 23.1 Å². The van der Waals surface area contributed by atoms with Crippen molar-refractivity contribution in [3.63, 3.8) is 0 Å². The average Bonchev–Trinajstić information content (AvgIpc) is 2.55. The SMILES string of the molecule is CN(C)c1cccc(CCSCCc2cccc(N(C)C)c2)c1. The van der Waals surface area contributed by atoms with Gasteiger partial charge < -0.3 is 9.80 Å². The highest BCUT2D eigenvalue weighted by atomic mass is 32.2. The first kappa shape index (κ1) is 17.7. The van der Waals surface area contributed by atoms with Crippen molar-refractivity contribution < 1.29 is 0 Å². The summed E-state index contributed by atoms with van der Waals surface area (Å²) in [5.74, 6) is 2.37. The monoisotopic (exact) mass is 328 g/mol. The van der Waals surface area contributed by atoms with Crippen molar-refractivity contribution in [2.24, 2.45) is 0 Å². The third kappa shape index (κ3) is 5.83. The largest absolute Gasteiger partial charge is 0.378 e. The molecule has 23 heavy (non-hydrogen) atoms. The van der Waals surface area contributed by atoms with Crippen LogP contribution in [0.25, 0.3) is 0 Å². The molecular weight excluding hydrogens is 300 g/mol. The maximum atomic E-state index is 2.29. The molecule has 3 heteroatoms. The third-order valence-electron chi connectivity index (χ3n) is 3.92. The Balaban J connectivity index is 1.74. The van der Waals surface area contributed by atoms with E-state index < -0.39 is 0 Å². The molecule has 2 nitrogen and oxygen atoms in total. The maximum absolute atomic E-state index is 2.29.